The maximum absolute atomic E-state index is 12.1. The number of carbonyl (C=O) groups excluding carboxylic acids is 1. The SMILES string of the molecule is CN=C(NCCNC(=O)c1cccc(OC)c1)NCCN1CCCCC1.I. The number of ether oxygens (including phenoxy) is 1. The monoisotopic (exact) mass is 489 g/mol. The first-order chi connectivity index (χ1) is 12.7. The molecule has 7 nitrogen and oxygen atoms in total. The highest BCUT2D eigenvalue weighted by Gasteiger charge is 2.09. The Bertz CT molecular complexity index is 591. The Hall–Kier alpha value is -1.55. The van der Waals surface area contributed by atoms with Gasteiger partial charge in [0.2, 0.25) is 0 Å². The Morgan fingerprint density at radius 2 is 1.81 bits per heavy atom. The molecule has 0 unspecified atom stereocenters. The van der Waals surface area contributed by atoms with Gasteiger partial charge in [0.15, 0.2) is 5.96 Å². The maximum Gasteiger partial charge on any atom is 0.251 e. The van der Waals surface area contributed by atoms with Gasteiger partial charge in [0, 0.05) is 38.8 Å². The molecule has 27 heavy (non-hydrogen) atoms. The fraction of sp³-hybridized carbons (Fsp3) is 0.579. The highest BCUT2D eigenvalue weighted by molar-refractivity contribution is 14.0. The number of halogens is 1. The van der Waals surface area contributed by atoms with Crippen LogP contribution >= 0.6 is 24.0 Å². The maximum atomic E-state index is 12.1. The zero-order valence-corrected chi connectivity index (χ0v) is 18.6. The van der Waals surface area contributed by atoms with Gasteiger partial charge in [-0.05, 0) is 44.1 Å². The molecular formula is C19H32IN5O2. The van der Waals surface area contributed by atoms with Crippen LogP contribution in [0.2, 0.25) is 0 Å². The molecule has 1 aromatic carbocycles. The Balaban J connectivity index is 0.00000364. The smallest absolute Gasteiger partial charge is 0.251 e. The fourth-order valence-electron chi connectivity index (χ4n) is 2.96. The summed E-state index contributed by atoms with van der Waals surface area (Å²) < 4.78 is 5.14. The van der Waals surface area contributed by atoms with E-state index in [1.807, 2.05) is 6.07 Å². The van der Waals surface area contributed by atoms with Gasteiger partial charge in [-0.25, -0.2) is 0 Å². The lowest BCUT2D eigenvalue weighted by Crippen LogP contribution is -2.44. The van der Waals surface area contributed by atoms with E-state index < -0.39 is 0 Å². The molecule has 1 fully saturated rings. The molecule has 1 aromatic rings. The van der Waals surface area contributed by atoms with E-state index in [1.54, 1.807) is 32.4 Å². The van der Waals surface area contributed by atoms with E-state index in [0.29, 0.717) is 24.4 Å². The Labute approximate surface area is 179 Å². The van der Waals surface area contributed by atoms with Crippen LogP contribution in [-0.2, 0) is 0 Å². The molecule has 0 bridgehead atoms. The highest BCUT2D eigenvalue weighted by atomic mass is 127. The number of methoxy groups -OCH3 is 1. The van der Waals surface area contributed by atoms with Gasteiger partial charge >= 0.3 is 0 Å². The van der Waals surface area contributed by atoms with Crippen molar-refractivity contribution in [3.05, 3.63) is 29.8 Å². The summed E-state index contributed by atoms with van der Waals surface area (Å²) in [6.45, 7) is 5.43. The molecule has 1 aliphatic heterocycles. The number of aliphatic imine (C=N–C) groups is 1. The van der Waals surface area contributed by atoms with Crippen molar-refractivity contribution in [2.45, 2.75) is 19.3 Å². The number of likely N-dealkylation sites (tertiary alicyclic amines) is 1. The van der Waals surface area contributed by atoms with Crippen molar-refractivity contribution < 1.29 is 9.53 Å². The largest absolute Gasteiger partial charge is 0.497 e. The second-order valence-corrected chi connectivity index (χ2v) is 6.32. The molecule has 152 valence electrons. The standard InChI is InChI=1S/C19H31N5O2.HI/c1-20-19(23-11-14-24-12-4-3-5-13-24)22-10-9-21-18(25)16-7-6-8-17(15-16)26-2;/h6-8,15H,3-5,9-14H2,1-2H3,(H,21,25)(H2,20,22,23);1H. The van der Waals surface area contributed by atoms with E-state index in [1.165, 1.54) is 32.4 Å². The molecule has 0 spiro atoms. The van der Waals surface area contributed by atoms with Crippen molar-refractivity contribution >= 4 is 35.8 Å². The second kappa shape index (κ2) is 13.6. The van der Waals surface area contributed by atoms with Crippen LogP contribution in [0.1, 0.15) is 29.6 Å². The Morgan fingerprint density at radius 3 is 2.52 bits per heavy atom. The Kier molecular flexibility index (Phi) is 11.8. The van der Waals surface area contributed by atoms with Crippen LogP contribution in [0.3, 0.4) is 0 Å². The number of nitrogens with one attached hydrogen (secondary N) is 3. The highest BCUT2D eigenvalue weighted by Crippen LogP contribution is 2.12. The zero-order valence-electron chi connectivity index (χ0n) is 16.3. The number of guanidine groups is 1. The number of amides is 1. The van der Waals surface area contributed by atoms with Crippen LogP contribution in [0.25, 0.3) is 0 Å². The first-order valence-electron chi connectivity index (χ1n) is 9.32. The summed E-state index contributed by atoms with van der Waals surface area (Å²) in [4.78, 5) is 18.8. The minimum absolute atomic E-state index is 0. The van der Waals surface area contributed by atoms with E-state index in [4.69, 9.17) is 4.74 Å². The van der Waals surface area contributed by atoms with Gasteiger partial charge in [0.1, 0.15) is 5.75 Å². The summed E-state index contributed by atoms with van der Waals surface area (Å²) in [5.41, 5.74) is 0.591. The first kappa shape index (κ1) is 23.5. The number of carbonyl (C=O) groups is 1. The van der Waals surface area contributed by atoms with E-state index in [9.17, 15) is 4.79 Å². The third kappa shape index (κ3) is 8.79. The van der Waals surface area contributed by atoms with Gasteiger partial charge in [0.05, 0.1) is 7.11 Å². The van der Waals surface area contributed by atoms with E-state index in [0.717, 1.165) is 19.0 Å². The van der Waals surface area contributed by atoms with E-state index in [-0.39, 0.29) is 29.9 Å². The van der Waals surface area contributed by atoms with Gasteiger partial charge in [0.25, 0.3) is 5.91 Å². The van der Waals surface area contributed by atoms with Crippen molar-refractivity contribution in [2.24, 2.45) is 4.99 Å². The number of hydrogen-bond donors (Lipinski definition) is 3. The summed E-state index contributed by atoms with van der Waals surface area (Å²) in [7, 11) is 3.34. The predicted molar refractivity (Wildman–Crippen MR) is 120 cm³/mol. The van der Waals surface area contributed by atoms with Crippen LogP contribution in [0, 0.1) is 0 Å². The molecule has 8 heteroatoms. The molecule has 1 amide bonds. The third-order valence-corrected chi connectivity index (χ3v) is 4.43. The molecule has 1 aliphatic rings. The van der Waals surface area contributed by atoms with E-state index >= 15 is 0 Å². The third-order valence-electron chi connectivity index (χ3n) is 4.43. The average molecular weight is 489 g/mol. The van der Waals surface area contributed by atoms with Crippen LogP contribution in [0.15, 0.2) is 29.3 Å². The van der Waals surface area contributed by atoms with Crippen molar-refractivity contribution in [1.82, 2.24) is 20.9 Å². The van der Waals surface area contributed by atoms with Crippen molar-refractivity contribution in [3.63, 3.8) is 0 Å². The van der Waals surface area contributed by atoms with Gasteiger partial charge in [-0.3, -0.25) is 9.79 Å². The predicted octanol–water partition coefficient (Wildman–Crippen LogP) is 1.69. The summed E-state index contributed by atoms with van der Waals surface area (Å²) in [5.74, 6) is 1.32. The van der Waals surface area contributed by atoms with Crippen molar-refractivity contribution in [1.29, 1.82) is 0 Å². The number of piperidine rings is 1. The summed E-state index contributed by atoms with van der Waals surface area (Å²) in [6.07, 6.45) is 3.97. The molecule has 0 saturated carbocycles. The molecule has 2 rings (SSSR count). The molecular weight excluding hydrogens is 457 g/mol. The minimum Gasteiger partial charge on any atom is -0.497 e. The summed E-state index contributed by atoms with van der Waals surface area (Å²) in [6, 6.07) is 7.12. The first-order valence-corrected chi connectivity index (χ1v) is 9.32. The average Bonchev–Trinajstić information content (AvgIpc) is 2.70. The molecule has 1 heterocycles. The fourth-order valence-corrected chi connectivity index (χ4v) is 2.96. The number of rotatable bonds is 8. The minimum atomic E-state index is -0.112. The van der Waals surface area contributed by atoms with Gasteiger partial charge < -0.3 is 25.6 Å². The number of benzene rings is 1. The summed E-state index contributed by atoms with van der Waals surface area (Å²) >= 11 is 0. The van der Waals surface area contributed by atoms with Crippen molar-refractivity contribution in [3.8, 4) is 5.75 Å². The molecule has 0 atom stereocenters. The quantitative estimate of drug-likeness (QED) is 0.224. The Morgan fingerprint density at radius 1 is 1.11 bits per heavy atom. The molecule has 0 radical (unpaired) electrons. The molecule has 3 N–H and O–H groups in total. The van der Waals surface area contributed by atoms with Gasteiger partial charge in [-0.2, -0.15) is 0 Å². The van der Waals surface area contributed by atoms with Crippen molar-refractivity contribution in [2.75, 3.05) is 53.4 Å². The lowest BCUT2D eigenvalue weighted by atomic mass is 10.1. The molecule has 1 saturated heterocycles. The van der Waals surface area contributed by atoms with Gasteiger partial charge in [-0.1, -0.05) is 12.5 Å². The lowest BCUT2D eigenvalue weighted by Gasteiger charge is -2.26. The topological polar surface area (TPSA) is 78.0 Å². The summed E-state index contributed by atoms with van der Waals surface area (Å²) in [5, 5.41) is 9.43. The van der Waals surface area contributed by atoms with Gasteiger partial charge in [-0.15, -0.1) is 24.0 Å². The van der Waals surface area contributed by atoms with Crippen LogP contribution in [0.5, 0.6) is 5.75 Å². The van der Waals surface area contributed by atoms with E-state index in [2.05, 4.69) is 25.8 Å². The zero-order chi connectivity index (χ0) is 18.6. The van der Waals surface area contributed by atoms with Crippen LogP contribution in [-0.4, -0.2) is 70.2 Å². The van der Waals surface area contributed by atoms with Crippen LogP contribution in [0.4, 0.5) is 0 Å². The normalized spacial score (nSPS) is 14.8. The molecule has 0 aromatic heterocycles. The lowest BCUT2D eigenvalue weighted by molar-refractivity contribution is 0.0954. The second-order valence-electron chi connectivity index (χ2n) is 6.32. The molecule has 0 aliphatic carbocycles. The number of nitrogens with zero attached hydrogens (tertiary/aromatic N) is 2. The number of hydrogen-bond acceptors (Lipinski definition) is 4. The van der Waals surface area contributed by atoms with Crippen LogP contribution < -0.4 is 20.7 Å².